The van der Waals surface area contributed by atoms with Crippen molar-refractivity contribution in [1.29, 1.82) is 0 Å². The molecule has 2 N–H and O–H groups in total. The predicted molar refractivity (Wildman–Crippen MR) is 114 cm³/mol. The van der Waals surface area contributed by atoms with Gasteiger partial charge in [0.1, 0.15) is 0 Å². The summed E-state index contributed by atoms with van der Waals surface area (Å²) in [7, 11) is 0. The van der Waals surface area contributed by atoms with E-state index in [1.165, 1.54) is 18.1 Å². The van der Waals surface area contributed by atoms with Crippen molar-refractivity contribution in [2.24, 2.45) is 0 Å². The molecule has 162 valence electrons. The van der Waals surface area contributed by atoms with Gasteiger partial charge in [-0.15, -0.1) is 0 Å². The number of esters is 1. The molecule has 7 nitrogen and oxygen atoms in total. The van der Waals surface area contributed by atoms with Crippen LogP contribution in [0.25, 0.3) is 0 Å². The molecule has 1 aliphatic rings. The minimum absolute atomic E-state index is 0.00349. The number of nitrogens with one attached hydrogen (secondary N) is 2. The minimum atomic E-state index is -1.15. The van der Waals surface area contributed by atoms with Crippen LogP contribution in [0.2, 0.25) is 0 Å². The Balaban J connectivity index is 1.38. The highest BCUT2D eigenvalue weighted by atomic mass is 16.5. The minimum Gasteiger partial charge on any atom is -0.453 e. The van der Waals surface area contributed by atoms with Crippen molar-refractivity contribution < 1.29 is 23.9 Å². The van der Waals surface area contributed by atoms with Crippen LogP contribution >= 0.6 is 0 Å². The van der Waals surface area contributed by atoms with Crippen LogP contribution in [0.4, 0.5) is 4.79 Å². The maximum absolute atomic E-state index is 12.4. The molecule has 3 rings (SSSR count). The molecular weight excluding hydrogens is 396 g/mol. The first-order chi connectivity index (χ1) is 14.9. The molecule has 0 bridgehead atoms. The predicted octanol–water partition coefficient (Wildman–Crippen LogP) is 3.10. The summed E-state index contributed by atoms with van der Waals surface area (Å²) in [6.45, 7) is 1.64. The Hall–Kier alpha value is -3.48. The van der Waals surface area contributed by atoms with E-state index in [1.807, 2.05) is 42.5 Å². The van der Waals surface area contributed by atoms with E-state index in [2.05, 4.69) is 10.6 Å². The molecule has 0 saturated carbocycles. The number of ketones is 1. The lowest BCUT2D eigenvalue weighted by molar-refractivity contribution is -0.154. The van der Waals surface area contributed by atoms with Crippen LogP contribution in [-0.2, 0) is 33.7 Å². The highest BCUT2D eigenvalue weighted by Gasteiger charge is 2.21. The monoisotopic (exact) mass is 422 g/mol. The van der Waals surface area contributed by atoms with Gasteiger partial charge < -0.3 is 10.1 Å². The van der Waals surface area contributed by atoms with Crippen LogP contribution in [0.1, 0.15) is 53.2 Å². The Bertz CT molecular complexity index is 971. The van der Waals surface area contributed by atoms with Gasteiger partial charge in [-0.2, -0.15) is 0 Å². The number of hydrogen-bond acceptors (Lipinski definition) is 5. The normalized spacial score (nSPS) is 13.1. The van der Waals surface area contributed by atoms with Crippen molar-refractivity contribution >= 4 is 23.7 Å². The van der Waals surface area contributed by atoms with Crippen LogP contribution < -0.4 is 10.6 Å². The number of ether oxygens (including phenoxy) is 1. The van der Waals surface area contributed by atoms with E-state index >= 15 is 0 Å². The molecule has 2 aromatic carbocycles. The molecule has 1 aliphatic carbocycles. The van der Waals surface area contributed by atoms with Crippen molar-refractivity contribution in [3.05, 3.63) is 70.8 Å². The van der Waals surface area contributed by atoms with E-state index in [9.17, 15) is 19.2 Å². The molecular formula is C24H26N2O5. The first-order valence-corrected chi connectivity index (χ1v) is 10.4. The number of fused-ring (bicyclic) bond motifs is 1. The number of Topliss-reactive ketones (excluding diaryl/α,β-unsaturated/α-hetero) is 1. The number of carbonyl (C=O) groups excluding carboxylic acids is 4. The molecule has 0 fully saturated rings. The van der Waals surface area contributed by atoms with Gasteiger partial charge in [0.25, 0.3) is 5.91 Å². The first-order valence-electron chi connectivity index (χ1n) is 10.4. The zero-order valence-corrected chi connectivity index (χ0v) is 17.5. The summed E-state index contributed by atoms with van der Waals surface area (Å²) in [5, 5.41) is 4.69. The summed E-state index contributed by atoms with van der Waals surface area (Å²) in [6, 6.07) is 14.2. The van der Waals surface area contributed by atoms with Gasteiger partial charge in [-0.05, 0) is 48.9 Å². The number of hydrogen-bond donors (Lipinski definition) is 2. The molecule has 0 unspecified atom stereocenters. The van der Waals surface area contributed by atoms with Crippen LogP contribution in [0.15, 0.2) is 48.5 Å². The Morgan fingerprint density at radius 2 is 1.71 bits per heavy atom. The lowest BCUT2D eigenvalue weighted by Gasteiger charge is -2.13. The number of imide groups is 1. The van der Waals surface area contributed by atoms with Gasteiger partial charge in [0, 0.05) is 18.5 Å². The zero-order chi connectivity index (χ0) is 22.2. The van der Waals surface area contributed by atoms with Gasteiger partial charge >= 0.3 is 12.0 Å². The van der Waals surface area contributed by atoms with Crippen LogP contribution in [0, 0.1) is 0 Å². The quantitative estimate of drug-likeness (QED) is 0.503. The number of carbonyl (C=O) groups is 4. The van der Waals surface area contributed by atoms with Crippen molar-refractivity contribution in [3.8, 4) is 0 Å². The Labute approximate surface area is 181 Å². The average Bonchev–Trinajstić information content (AvgIpc) is 3.24. The Kier molecular flexibility index (Phi) is 7.54. The van der Waals surface area contributed by atoms with Crippen molar-refractivity contribution in [1.82, 2.24) is 10.6 Å². The largest absolute Gasteiger partial charge is 0.453 e. The molecule has 31 heavy (non-hydrogen) atoms. The maximum atomic E-state index is 12.4. The fourth-order valence-corrected chi connectivity index (χ4v) is 3.45. The van der Waals surface area contributed by atoms with Gasteiger partial charge in [-0.1, -0.05) is 42.5 Å². The smallest absolute Gasteiger partial charge is 0.321 e. The van der Waals surface area contributed by atoms with Gasteiger partial charge in [0.15, 0.2) is 11.9 Å². The highest BCUT2D eigenvalue weighted by Crippen LogP contribution is 2.23. The lowest BCUT2D eigenvalue weighted by atomic mass is 10.0. The van der Waals surface area contributed by atoms with Crippen LogP contribution in [-0.4, -0.2) is 29.8 Å². The molecule has 0 radical (unpaired) electrons. The SMILES string of the molecule is C[C@H](OC(=O)CCC(=O)c1ccc2c(c1)CCC2)C(=O)NC(=O)NCc1ccccc1. The highest BCUT2D eigenvalue weighted by molar-refractivity contribution is 5.99. The molecule has 7 heteroatoms. The van der Waals surface area contributed by atoms with E-state index in [-0.39, 0.29) is 25.2 Å². The Morgan fingerprint density at radius 3 is 2.48 bits per heavy atom. The summed E-state index contributed by atoms with van der Waals surface area (Å²) in [4.78, 5) is 48.3. The summed E-state index contributed by atoms with van der Waals surface area (Å²) in [5.41, 5.74) is 3.96. The van der Waals surface area contributed by atoms with E-state index in [1.54, 1.807) is 6.07 Å². The van der Waals surface area contributed by atoms with Crippen LogP contribution in [0.5, 0.6) is 0 Å². The number of benzene rings is 2. The summed E-state index contributed by atoms with van der Waals surface area (Å²) in [5.74, 6) is -1.53. The molecule has 0 spiro atoms. The average molecular weight is 422 g/mol. The molecule has 3 amide bonds. The third-order valence-corrected chi connectivity index (χ3v) is 5.19. The van der Waals surface area contributed by atoms with Gasteiger partial charge in [0.2, 0.25) is 0 Å². The summed E-state index contributed by atoms with van der Waals surface area (Å²) < 4.78 is 5.05. The van der Waals surface area contributed by atoms with E-state index in [4.69, 9.17) is 4.74 Å². The second-order valence-corrected chi connectivity index (χ2v) is 7.55. The molecule has 1 atom stereocenters. The third-order valence-electron chi connectivity index (χ3n) is 5.19. The third kappa shape index (κ3) is 6.50. The zero-order valence-electron chi connectivity index (χ0n) is 17.5. The second kappa shape index (κ2) is 10.5. The van der Waals surface area contributed by atoms with Crippen molar-refractivity contribution in [3.63, 3.8) is 0 Å². The molecule has 2 aromatic rings. The second-order valence-electron chi connectivity index (χ2n) is 7.55. The standard InChI is InChI=1S/C24H26N2O5/c1-16(23(29)26-24(30)25-15-17-6-3-2-4-7-17)31-22(28)13-12-21(27)20-11-10-18-8-5-9-19(18)14-20/h2-4,6-7,10-11,14,16H,5,8-9,12-13,15H2,1H3,(H2,25,26,29,30)/t16-/m0/s1. The molecule has 0 saturated heterocycles. The number of rotatable bonds is 8. The van der Waals surface area contributed by atoms with Gasteiger partial charge in [0.05, 0.1) is 6.42 Å². The number of urea groups is 1. The maximum Gasteiger partial charge on any atom is 0.321 e. The molecule has 0 heterocycles. The summed E-state index contributed by atoms with van der Waals surface area (Å²) >= 11 is 0. The van der Waals surface area contributed by atoms with Crippen molar-refractivity contribution in [2.75, 3.05) is 0 Å². The van der Waals surface area contributed by atoms with Gasteiger partial charge in [-0.25, -0.2) is 4.79 Å². The molecule has 0 aromatic heterocycles. The Morgan fingerprint density at radius 1 is 0.968 bits per heavy atom. The topological polar surface area (TPSA) is 102 Å². The summed E-state index contributed by atoms with van der Waals surface area (Å²) in [6.07, 6.45) is 1.84. The fraction of sp³-hybridized carbons (Fsp3) is 0.333. The van der Waals surface area contributed by atoms with Crippen molar-refractivity contribution in [2.45, 2.75) is 51.7 Å². The number of aryl methyl sites for hydroxylation is 2. The fourth-order valence-electron chi connectivity index (χ4n) is 3.45. The van der Waals surface area contributed by atoms with E-state index in [0.717, 1.165) is 24.8 Å². The lowest BCUT2D eigenvalue weighted by Crippen LogP contribution is -2.44. The molecule has 0 aliphatic heterocycles. The first kappa shape index (κ1) is 22.2. The van der Waals surface area contributed by atoms with E-state index in [0.29, 0.717) is 5.56 Å². The van der Waals surface area contributed by atoms with Crippen LogP contribution in [0.3, 0.4) is 0 Å². The number of amides is 3. The van der Waals surface area contributed by atoms with E-state index < -0.39 is 24.0 Å². The van der Waals surface area contributed by atoms with Gasteiger partial charge in [-0.3, -0.25) is 19.7 Å².